The molecule has 1 aromatic rings. The highest BCUT2D eigenvalue weighted by Crippen LogP contribution is 2.29. The number of amides is 2. The molecular formula is C17H20N4O2. The van der Waals surface area contributed by atoms with Gasteiger partial charge in [0.2, 0.25) is 5.91 Å². The molecule has 3 rings (SSSR count). The maximum atomic E-state index is 12.1. The Kier molecular flexibility index (Phi) is 4.56. The van der Waals surface area contributed by atoms with Crippen molar-refractivity contribution in [3.63, 3.8) is 0 Å². The standard InChI is InChI=1S/C17H20N4O2/c18-8-14-6-5-13(10-19-14)17(23)20-9-12-7-16(22)21(11-12)15-3-1-2-4-15/h5-6,10,12,15H,1-4,7,9,11H2,(H,20,23)/t12-/m0/s1. The zero-order chi connectivity index (χ0) is 16.2. The van der Waals surface area contributed by atoms with Gasteiger partial charge in [-0.25, -0.2) is 4.98 Å². The largest absolute Gasteiger partial charge is 0.352 e. The lowest BCUT2D eigenvalue weighted by Gasteiger charge is -2.24. The Morgan fingerprint density at radius 1 is 1.39 bits per heavy atom. The second-order valence-corrected chi connectivity index (χ2v) is 6.31. The van der Waals surface area contributed by atoms with Crippen LogP contribution < -0.4 is 5.32 Å². The van der Waals surface area contributed by atoms with Gasteiger partial charge in [0.05, 0.1) is 5.56 Å². The Morgan fingerprint density at radius 3 is 2.83 bits per heavy atom. The number of hydrogen-bond donors (Lipinski definition) is 1. The summed E-state index contributed by atoms with van der Waals surface area (Å²) >= 11 is 0. The number of carbonyl (C=O) groups excluding carboxylic acids is 2. The summed E-state index contributed by atoms with van der Waals surface area (Å²) in [5, 5.41) is 11.6. The summed E-state index contributed by atoms with van der Waals surface area (Å²) in [7, 11) is 0. The average Bonchev–Trinajstić information content (AvgIpc) is 3.22. The topological polar surface area (TPSA) is 86.1 Å². The lowest BCUT2D eigenvalue weighted by molar-refractivity contribution is -0.129. The molecular weight excluding hydrogens is 292 g/mol. The summed E-state index contributed by atoms with van der Waals surface area (Å²) < 4.78 is 0. The van der Waals surface area contributed by atoms with Crippen LogP contribution in [0.3, 0.4) is 0 Å². The summed E-state index contributed by atoms with van der Waals surface area (Å²) in [6.45, 7) is 1.24. The molecule has 1 aliphatic carbocycles. The minimum atomic E-state index is -0.214. The highest BCUT2D eigenvalue weighted by molar-refractivity contribution is 5.94. The van der Waals surface area contributed by atoms with Crippen LogP contribution in [0.1, 0.15) is 48.2 Å². The van der Waals surface area contributed by atoms with E-state index in [0.29, 0.717) is 24.6 Å². The molecule has 6 heteroatoms. The van der Waals surface area contributed by atoms with E-state index in [9.17, 15) is 9.59 Å². The number of nitrogens with zero attached hydrogens (tertiary/aromatic N) is 3. The van der Waals surface area contributed by atoms with Crippen molar-refractivity contribution in [1.82, 2.24) is 15.2 Å². The second-order valence-electron chi connectivity index (χ2n) is 6.31. The van der Waals surface area contributed by atoms with Gasteiger partial charge in [-0.05, 0) is 25.0 Å². The molecule has 0 aromatic carbocycles. The Hall–Kier alpha value is -2.42. The quantitative estimate of drug-likeness (QED) is 0.912. The fourth-order valence-electron chi connectivity index (χ4n) is 3.45. The minimum Gasteiger partial charge on any atom is -0.352 e. The third-order valence-electron chi connectivity index (χ3n) is 4.70. The Labute approximate surface area is 135 Å². The normalized spacial score (nSPS) is 21.4. The van der Waals surface area contributed by atoms with E-state index in [1.54, 1.807) is 6.07 Å². The summed E-state index contributed by atoms with van der Waals surface area (Å²) in [5.41, 5.74) is 0.719. The van der Waals surface area contributed by atoms with Gasteiger partial charge in [0.25, 0.3) is 5.91 Å². The highest BCUT2D eigenvalue weighted by Gasteiger charge is 2.35. The molecule has 2 heterocycles. The van der Waals surface area contributed by atoms with Crippen molar-refractivity contribution in [3.8, 4) is 6.07 Å². The van der Waals surface area contributed by atoms with Crippen molar-refractivity contribution in [2.75, 3.05) is 13.1 Å². The first-order valence-electron chi connectivity index (χ1n) is 8.11. The summed E-state index contributed by atoms with van der Waals surface area (Å²) in [6.07, 6.45) is 6.56. The van der Waals surface area contributed by atoms with Crippen LogP contribution in [0.15, 0.2) is 18.3 Å². The first-order valence-corrected chi connectivity index (χ1v) is 8.11. The lowest BCUT2D eigenvalue weighted by atomic mass is 10.1. The fourth-order valence-corrected chi connectivity index (χ4v) is 3.45. The third-order valence-corrected chi connectivity index (χ3v) is 4.70. The number of hydrogen-bond acceptors (Lipinski definition) is 4. The number of likely N-dealkylation sites (tertiary alicyclic amines) is 1. The summed E-state index contributed by atoms with van der Waals surface area (Å²) in [5.74, 6) is 0.184. The van der Waals surface area contributed by atoms with E-state index in [4.69, 9.17) is 5.26 Å². The maximum Gasteiger partial charge on any atom is 0.252 e. The van der Waals surface area contributed by atoms with Gasteiger partial charge < -0.3 is 10.2 Å². The van der Waals surface area contributed by atoms with Crippen LogP contribution in [0.5, 0.6) is 0 Å². The molecule has 0 spiro atoms. The molecule has 120 valence electrons. The van der Waals surface area contributed by atoms with Gasteiger partial charge in [-0.3, -0.25) is 9.59 Å². The van der Waals surface area contributed by atoms with E-state index in [2.05, 4.69) is 10.3 Å². The predicted molar refractivity (Wildman–Crippen MR) is 83.4 cm³/mol. The van der Waals surface area contributed by atoms with Crippen molar-refractivity contribution in [1.29, 1.82) is 5.26 Å². The second kappa shape index (κ2) is 6.78. The van der Waals surface area contributed by atoms with Gasteiger partial charge in [-0.15, -0.1) is 0 Å². The van der Waals surface area contributed by atoms with Gasteiger partial charge >= 0.3 is 0 Å². The van der Waals surface area contributed by atoms with E-state index in [1.807, 2.05) is 11.0 Å². The van der Waals surface area contributed by atoms with E-state index >= 15 is 0 Å². The van der Waals surface area contributed by atoms with Crippen molar-refractivity contribution in [3.05, 3.63) is 29.6 Å². The van der Waals surface area contributed by atoms with Crippen molar-refractivity contribution in [2.24, 2.45) is 5.92 Å². The molecule has 0 radical (unpaired) electrons. The fraction of sp³-hybridized carbons (Fsp3) is 0.529. The lowest BCUT2D eigenvalue weighted by Crippen LogP contribution is -2.36. The molecule has 1 aliphatic heterocycles. The molecule has 1 N–H and O–H groups in total. The summed E-state index contributed by atoms with van der Waals surface area (Å²) in [6, 6.07) is 5.44. The van der Waals surface area contributed by atoms with Crippen molar-refractivity contribution in [2.45, 2.75) is 38.1 Å². The van der Waals surface area contributed by atoms with Crippen molar-refractivity contribution >= 4 is 11.8 Å². The van der Waals surface area contributed by atoms with Gasteiger partial charge in [-0.1, -0.05) is 12.8 Å². The van der Waals surface area contributed by atoms with Crippen LogP contribution in [0.4, 0.5) is 0 Å². The molecule has 1 atom stereocenters. The van der Waals surface area contributed by atoms with Crippen LogP contribution in [0.2, 0.25) is 0 Å². The van der Waals surface area contributed by atoms with E-state index in [0.717, 1.165) is 19.4 Å². The molecule has 6 nitrogen and oxygen atoms in total. The van der Waals surface area contributed by atoms with E-state index < -0.39 is 0 Å². The molecule has 23 heavy (non-hydrogen) atoms. The SMILES string of the molecule is N#Cc1ccc(C(=O)NC[C@@H]2CC(=O)N(C3CCCC3)C2)cn1. The maximum absolute atomic E-state index is 12.1. The molecule has 0 unspecified atom stereocenters. The molecule has 1 aromatic heterocycles. The van der Waals surface area contributed by atoms with Crippen LogP contribution in [-0.2, 0) is 4.79 Å². The van der Waals surface area contributed by atoms with Crippen LogP contribution in [-0.4, -0.2) is 40.8 Å². The molecule has 2 amide bonds. The van der Waals surface area contributed by atoms with Crippen LogP contribution in [0, 0.1) is 17.2 Å². The Morgan fingerprint density at radius 2 is 2.17 bits per heavy atom. The predicted octanol–water partition coefficient (Wildman–Crippen LogP) is 1.47. The minimum absolute atomic E-state index is 0.179. The molecule has 2 aliphatic rings. The number of rotatable bonds is 4. The number of nitrogens with one attached hydrogen (secondary N) is 1. The Bertz CT molecular complexity index is 629. The molecule has 1 saturated carbocycles. The summed E-state index contributed by atoms with van der Waals surface area (Å²) in [4.78, 5) is 30.1. The Balaban J connectivity index is 1.51. The zero-order valence-electron chi connectivity index (χ0n) is 13.0. The van der Waals surface area contributed by atoms with Gasteiger partial charge in [0, 0.05) is 37.7 Å². The van der Waals surface area contributed by atoms with Crippen LogP contribution in [0.25, 0.3) is 0 Å². The van der Waals surface area contributed by atoms with Crippen LogP contribution >= 0.6 is 0 Å². The van der Waals surface area contributed by atoms with Gasteiger partial charge in [-0.2, -0.15) is 5.26 Å². The number of aromatic nitrogens is 1. The molecule has 0 bridgehead atoms. The van der Waals surface area contributed by atoms with Gasteiger partial charge in [0.15, 0.2) is 0 Å². The van der Waals surface area contributed by atoms with E-state index in [1.165, 1.54) is 25.1 Å². The van der Waals surface area contributed by atoms with E-state index in [-0.39, 0.29) is 23.4 Å². The molecule has 1 saturated heterocycles. The number of carbonyl (C=O) groups is 2. The number of pyridine rings is 1. The first kappa shape index (κ1) is 15.5. The van der Waals surface area contributed by atoms with Crippen molar-refractivity contribution < 1.29 is 9.59 Å². The van der Waals surface area contributed by atoms with Gasteiger partial charge in [0.1, 0.15) is 11.8 Å². The first-order chi connectivity index (χ1) is 11.2. The number of nitriles is 1. The monoisotopic (exact) mass is 312 g/mol. The highest BCUT2D eigenvalue weighted by atomic mass is 16.2. The average molecular weight is 312 g/mol. The third kappa shape index (κ3) is 3.50. The zero-order valence-corrected chi connectivity index (χ0v) is 13.0. The smallest absolute Gasteiger partial charge is 0.252 e. The molecule has 2 fully saturated rings.